The summed E-state index contributed by atoms with van der Waals surface area (Å²) in [6.07, 6.45) is 1.52. The van der Waals surface area contributed by atoms with Gasteiger partial charge in [0, 0.05) is 26.2 Å². The molecule has 1 aliphatic heterocycles. The van der Waals surface area contributed by atoms with Crippen LogP contribution in [0.1, 0.15) is 11.1 Å². The molecule has 1 aromatic carbocycles. The third-order valence-corrected chi connectivity index (χ3v) is 4.04. The van der Waals surface area contributed by atoms with Crippen molar-refractivity contribution in [1.82, 2.24) is 14.9 Å². The van der Waals surface area contributed by atoms with Crippen molar-refractivity contribution in [2.75, 3.05) is 43.9 Å². The predicted molar refractivity (Wildman–Crippen MR) is 92.1 cm³/mol. The Bertz CT molecular complexity index is 675. The van der Waals surface area contributed by atoms with E-state index in [0.29, 0.717) is 11.6 Å². The average Bonchev–Trinajstić information content (AvgIpc) is 2.49. The minimum absolute atomic E-state index is 0.416. The first-order valence-corrected chi connectivity index (χ1v) is 7.83. The highest BCUT2D eigenvalue weighted by molar-refractivity contribution is 5.68. The van der Waals surface area contributed by atoms with E-state index >= 15 is 0 Å². The number of nitrogens with zero attached hydrogens (tertiary/aromatic N) is 4. The fourth-order valence-electron chi connectivity index (χ4n) is 2.83. The lowest BCUT2D eigenvalue weighted by molar-refractivity contribution is 0.312. The second-order valence-electron chi connectivity index (χ2n) is 6.13. The Hall–Kier alpha value is -2.34. The van der Waals surface area contributed by atoms with Gasteiger partial charge >= 0.3 is 0 Å². The SMILES string of the molecule is Cc1cc(C)cc(Oc2ncnc(N3CCN(C)CC3)c2N)c1. The number of hydrogen-bond acceptors (Lipinski definition) is 6. The third-order valence-electron chi connectivity index (χ3n) is 4.04. The Morgan fingerprint density at radius 3 is 2.30 bits per heavy atom. The van der Waals surface area contributed by atoms with Gasteiger partial charge in [-0.05, 0) is 44.2 Å². The van der Waals surface area contributed by atoms with Crippen molar-refractivity contribution in [2.24, 2.45) is 0 Å². The summed E-state index contributed by atoms with van der Waals surface area (Å²) >= 11 is 0. The minimum Gasteiger partial charge on any atom is -0.437 e. The summed E-state index contributed by atoms with van der Waals surface area (Å²) in [5.41, 5.74) is 9.05. The van der Waals surface area contributed by atoms with Gasteiger partial charge in [0.25, 0.3) is 0 Å². The highest BCUT2D eigenvalue weighted by Gasteiger charge is 2.20. The first kappa shape index (κ1) is 15.6. The van der Waals surface area contributed by atoms with Crippen LogP contribution < -0.4 is 15.4 Å². The number of ether oxygens (including phenoxy) is 1. The first-order valence-electron chi connectivity index (χ1n) is 7.83. The largest absolute Gasteiger partial charge is 0.437 e. The molecule has 3 rings (SSSR count). The number of aryl methyl sites for hydroxylation is 2. The number of aromatic nitrogens is 2. The molecule has 0 unspecified atom stereocenters. The molecule has 2 aromatic rings. The van der Waals surface area contributed by atoms with Gasteiger partial charge in [0.2, 0.25) is 5.88 Å². The quantitative estimate of drug-likeness (QED) is 0.937. The van der Waals surface area contributed by atoms with Crippen LogP contribution in [0.3, 0.4) is 0 Å². The van der Waals surface area contributed by atoms with Gasteiger partial charge < -0.3 is 20.3 Å². The number of rotatable bonds is 3. The molecule has 0 radical (unpaired) electrons. The van der Waals surface area contributed by atoms with Crippen molar-refractivity contribution in [2.45, 2.75) is 13.8 Å². The van der Waals surface area contributed by atoms with Crippen LogP contribution >= 0.6 is 0 Å². The summed E-state index contributed by atoms with van der Waals surface area (Å²) in [6, 6.07) is 6.06. The third kappa shape index (κ3) is 3.53. The molecule has 6 heteroatoms. The van der Waals surface area contributed by atoms with Gasteiger partial charge in [-0.15, -0.1) is 0 Å². The van der Waals surface area contributed by atoms with Gasteiger partial charge in [-0.2, -0.15) is 4.98 Å². The fraction of sp³-hybridized carbons (Fsp3) is 0.412. The van der Waals surface area contributed by atoms with E-state index in [-0.39, 0.29) is 0 Å². The zero-order chi connectivity index (χ0) is 16.4. The Morgan fingerprint density at radius 2 is 1.65 bits per heavy atom. The number of likely N-dealkylation sites (N-methyl/N-ethyl adjacent to an activating group) is 1. The topological polar surface area (TPSA) is 67.5 Å². The molecule has 0 saturated carbocycles. The summed E-state index contributed by atoms with van der Waals surface area (Å²) in [5, 5.41) is 0. The zero-order valence-electron chi connectivity index (χ0n) is 13.9. The Labute approximate surface area is 136 Å². The lowest BCUT2D eigenvalue weighted by Gasteiger charge is -2.33. The van der Waals surface area contributed by atoms with E-state index in [2.05, 4.69) is 32.9 Å². The molecule has 1 aliphatic rings. The lowest BCUT2D eigenvalue weighted by atomic mass is 10.1. The van der Waals surface area contributed by atoms with E-state index < -0.39 is 0 Å². The van der Waals surface area contributed by atoms with E-state index in [4.69, 9.17) is 10.5 Å². The van der Waals surface area contributed by atoms with Gasteiger partial charge in [0.05, 0.1) is 0 Å². The number of nitrogens with two attached hydrogens (primary N) is 1. The van der Waals surface area contributed by atoms with Crippen molar-refractivity contribution in [3.05, 3.63) is 35.7 Å². The van der Waals surface area contributed by atoms with Crippen LogP contribution in [0.5, 0.6) is 11.6 Å². The molecule has 2 N–H and O–H groups in total. The summed E-state index contributed by atoms with van der Waals surface area (Å²) in [7, 11) is 2.12. The van der Waals surface area contributed by atoms with Crippen LogP contribution in [0.4, 0.5) is 11.5 Å². The van der Waals surface area contributed by atoms with Crippen molar-refractivity contribution in [3.8, 4) is 11.6 Å². The Morgan fingerprint density at radius 1 is 1.00 bits per heavy atom. The van der Waals surface area contributed by atoms with Crippen molar-refractivity contribution in [1.29, 1.82) is 0 Å². The molecule has 23 heavy (non-hydrogen) atoms. The van der Waals surface area contributed by atoms with E-state index in [9.17, 15) is 0 Å². The van der Waals surface area contributed by atoms with Crippen LogP contribution in [0.25, 0.3) is 0 Å². The lowest BCUT2D eigenvalue weighted by Crippen LogP contribution is -2.45. The summed E-state index contributed by atoms with van der Waals surface area (Å²) in [6.45, 7) is 7.88. The maximum Gasteiger partial charge on any atom is 0.248 e. The highest BCUT2D eigenvalue weighted by atomic mass is 16.5. The minimum atomic E-state index is 0.416. The molecular weight excluding hydrogens is 290 g/mol. The second-order valence-corrected chi connectivity index (χ2v) is 6.13. The zero-order valence-corrected chi connectivity index (χ0v) is 13.9. The van der Waals surface area contributed by atoms with Crippen LogP contribution in [0, 0.1) is 13.8 Å². The number of piperazine rings is 1. The van der Waals surface area contributed by atoms with Gasteiger partial charge in [-0.1, -0.05) is 6.07 Å². The maximum atomic E-state index is 6.27. The summed E-state index contributed by atoms with van der Waals surface area (Å²) in [4.78, 5) is 13.0. The van der Waals surface area contributed by atoms with Crippen molar-refractivity contribution >= 4 is 11.5 Å². The monoisotopic (exact) mass is 313 g/mol. The Kier molecular flexibility index (Phi) is 4.34. The molecule has 0 aliphatic carbocycles. The number of benzene rings is 1. The molecule has 0 atom stereocenters. The average molecular weight is 313 g/mol. The van der Waals surface area contributed by atoms with Crippen LogP contribution in [0.15, 0.2) is 24.5 Å². The second kappa shape index (κ2) is 6.42. The first-order chi connectivity index (χ1) is 11.0. The smallest absolute Gasteiger partial charge is 0.248 e. The molecule has 0 bridgehead atoms. The normalized spacial score (nSPS) is 15.7. The van der Waals surface area contributed by atoms with Gasteiger partial charge in [0.15, 0.2) is 5.82 Å². The van der Waals surface area contributed by atoms with Gasteiger partial charge in [-0.25, -0.2) is 4.98 Å². The molecule has 0 spiro atoms. The van der Waals surface area contributed by atoms with Crippen molar-refractivity contribution < 1.29 is 4.74 Å². The number of anilines is 2. The summed E-state index contributed by atoms with van der Waals surface area (Å²) in [5.74, 6) is 1.92. The maximum absolute atomic E-state index is 6.27. The van der Waals surface area contributed by atoms with E-state index in [1.54, 1.807) is 0 Å². The standard InChI is InChI=1S/C17H23N5O/c1-12-8-13(2)10-14(9-12)23-17-15(18)16(19-11-20-17)22-6-4-21(3)5-7-22/h8-11H,4-7,18H2,1-3H3. The van der Waals surface area contributed by atoms with Gasteiger partial charge in [0.1, 0.15) is 17.8 Å². The molecule has 2 heterocycles. The Balaban J connectivity index is 1.84. The molecule has 6 nitrogen and oxygen atoms in total. The molecule has 122 valence electrons. The van der Waals surface area contributed by atoms with E-state index in [1.807, 2.05) is 26.0 Å². The highest BCUT2D eigenvalue weighted by Crippen LogP contribution is 2.32. The predicted octanol–water partition coefficient (Wildman–Crippen LogP) is 2.22. The number of nitrogen functional groups attached to an aromatic ring is 1. The van der Waals surface area contributed by atoms with Crippen LogP contribution in [-0.2, 0) is 0 Å². The molecule has 1 saturated heterocycles. The molecule has 0 amide bonds. The van der Waals surface area contributed by atoms with E-state index in [1.165, 1.54) is 6.33 Å². The van der Waals surface area contributed by atoms with Crippen LogP contribution in [0.2, 0.25) is 0 Å². The van der Waals surface area contributed by atoms with Crippen LogP contribution in [-0.4, -0.2) is 48.1 Å². The van der Waals surface area contributed by atoms with E-state index in [0.717, 1.165) is 48.9 Å². The molecular formula is C17H23N5O. The summed E-state index contributed by atoms with van der Waals surface area (Å²) < 4.78 is 5.91. The van der Waals surface area contributed by atoms with Crippen molar-refractivity contribution in [3.63, 3.8) is 0 Å². The van der Waals surface area contributed by atoms with Gasteiger partial charge in [-0.3, -0.25) is 0 Å². The molecule has 1 aromatic heterocycles. The fourth-order valence-corrected chi connectivity index (χ4v) is 2.83. The molecule has 1 fully saturated rings. The number of hydrogen-bond donors (Lipinski definition) is 1.